The van der Waals surface area contributed by atoms with Crippen LogP contribution in [0.15, 0.2) is 156 Å². The predicted molar refractivity (Wildman–Crippen MR) is 312 cm³/mol. The molecule has 2 aliphatic heterocycles. The highest BCUT2D eigenvalue weighted by Crippen LogP contribution is 2.60. The molecule has 3 aliphatic carbocycles. The van der Waals surface area contributed by atoms with E-state index in [-0.39, 0.29) is 17.5 Å². The number of hydrogen-bond acceptors (Lipinski definition) is 4. The molecule has 10 aromatic rings. The van der Waals surface area contributed by atoms with Gasteiger partial charge in [-0.1, -0.05) is 162 Å². The van der Waals surface area contributed by atoms with Crippen molar-refractivity contribution in [3.8, 4) is 22.3 Å². The third-order valence-corrected chi connectivity index (χ3v) is 19.5. The lowest BCUT2D eigenvalue weighted by atomic mass is 9.35. The number of thiophene rings is 1. The van der Waals surface area contributed by atoms with Crippen molar-refractivity contribution < 1.29 is 4.42 Å². The van der Waals surface area contributed by atoms with Crippen molar-refractivity contribution in [3.05, 3.63) is 185 Å². The van der Waals surface area contributed by atoms with Gasteiger partial charge in [-0.25, -0.2) is 0 Å². The van der Waals surface area contributed by atoms with Gasteiger partial charge in [0.1, 0.15) is 5.58 Å². The average molecular weight is 965 g/mol. The van der Waals surface area contributed by atoms with E-state index >= 15 is 0 Å². The number of aryl methyl sites for hydroxylation is 2. The first-order valence-electron chi connectivity index (χ1n) is 27.4. The third kappa shape index (κ3) is 6.30. The predicted octanol–water partition coefficient (Wildman–Crippen LogP) is 17.7. The second-order valence-electron chi connectivity index (χ2n) is 23.4. The smallest absolute Gasteiger partial charge is 0.297 e. The molecule has 0 N–H and O–H groups in total. The fourth-order valence-corrected chi connectivity index (χ4v) is 16.1. The molecular formula is C68H61BN2OS. The highest BCUT2D eigenvalue weighted by atomic mass is 32.1. The number of fused-ring (bicyclic) bond motifs is 14. The number of anilines is 6. The van der Waals surface area contributed by atoms with Crippen molar-refractivity contribution in [2.75, 3.05) is 9.80 Å². The topological polar surface area (TPSA) is 19.6 Å². The molecule has 5 aliphatic rings. The van der Waals surface area contributed by atoms with Gasteiger partial charge in [-0.2, -0.15) is 0 Å². The SMILES string of the molecule is Cc1cccc(C)c1-c1cc2c3c(c1)N(c1cccc4c1sc1ccccc14)c1c(oc4ccc(C(C)(C)C)cc14)B3c1ccc(C3CCCCC3)cc1N2c1cccc2c1-c1ccccc1C21CCCCC1. The molecule has 2 fully saturated rings. The first-order chi connectivity index (χ1) is 35.7. The highest BCUT2D eigenvalue weighted by molar-refractivity contribution is 7.26. The van der Waals surface area contributed by atoms with Gasteiger partial charge in [0.15, 0.2) is 0 Å². The van der Waals surface area contributed by atoms with Gasteiger partial charge in [0.05, 0.1) is 27.4 Å². The fourth-order valence-electron chi connectivity index (χ4n) is 14.8. The number of rotatable bonds is 4. The van der Waals surface area contributed by atoms with Crippen LogP contribution in [0.1, 0.15) is 124 Å². The summed E-state index contributed by atoms with van der Waals surface area (Å²) in [5.74, 6) is 0.549. The molecule has 5 heteroatoms. The van der Waals surface area contributed by atoms with Gasteiger partial charge in [0, 0.05) is 48.9 Å². The Morgan fingerprint density at radius 3 is 2.10 bits per heavy atom. The summed E-state index contributed by atoms with van der Waals surface area (Å²) in [6.45, 7) is 11.5. The first-order valence-corrected chi connectivity index (χ1v) is 28.2. The van der Waals surface area contributed by atoms with Gasteiger partial charge in [-0.15, -0.1) is 11.3 Å². The zero-order chi connectivity index (χ0) is 48.9. The Balaban J connectivity index is 1.10. The van der Waals surface area contributed by atoms with Crippen LogP contribution in [0.4, 0.5) is 34.1 Å². The molecule has 0 radical (unpaired) electrons. The molecule has 2 saturated carbocycles. The number of hydrogen-bond donors (Lipinski definition) is 0. The van der Waals surface area contributed by atoms with Crippen LogP contribution in [0.25, 0.3) is 53.4 Å². The van der Waals surface area contributed by atoms with Crippen molar-refractivity contribution in [2.45, 2.75) is 116 Å². The van der Waals surface area contributed by atoms with Gasteiger partial charge < -0.3 is 14.2 Å². The average Bonchev–Trinajstić information content (AvgIpc) is 4.07. The Hall–Kier alpha value is -6.82. The van der Waals surface area contributed by atoms with E-state index in [9.17, 15) is 0 Å². The van der Waals surface area contributed by atoms with Crippen LogP contribution in [0.2, 0.25) is 0 Å². The Kier molecular flexibility index (Phi) is 9.64. The maximum absolute atomic E-state index is 7.57. The summed E-state index contributed by atoms with van der Waals surface area (Å²) in [5, 5.41) is 3.77. The van der Waals surface area contributed by atoms with E-state index in [2.05, 4.69) is 196 Å². The zero-order valence-corrected chi connectivity index (χ0v) is 43.7. The van der Waals surface area contributed by atoms with Crippen molar-refractivity contribution in [1.82, 2.24) is 0 Å². The molecule has 0 atom stereocenters. The van der Waals surface area contributed by atoms with Crippen LogP contribution >= 0.6 is 11.3 Å². The number of furan rings is 1. The molecule has 2 aromatic heterocycles. The van der Waals surface area contributed by atoms with Crippen molar-refractivity contribution in [3.63, 3.8) is 0 Å². The van der Waals surface area contributed by atoms with Crippen molar-refractivity contribution in [2.24, 2.45) is 0 Å². The van der Waals surface area contributed by atoms with Crippen molar-refractivity contribution >= 4 is 99.9 Å². The lowest BCUT2D eigenvalue weighted by Crippen LogP contribution is -2.61. The van der Waals surface area contributed by atoms with Crippen LogP contribution in [-0.4, -0.2) is 6.71 Å². The lowest BCUT2D eigenvalue weighted by molar-refractivity contribution is 0.353. The van der Waals surface area contributed by atoms with E-state index in [0.717, 1.165) is 16.9 Å². The quantitative estimate of drug-likeness (QED) is 0.164. The molecule has 0 amide bonds. The molecule has 73 heavy (non-hydrogen) atoms. The van der Waals surface area contributed by atoms with E-state index in [4.69, 9.17) is 4.42 Å². The minimum atomic E-state index is -0.143. The molecular weight excluding hydrogens is 904 g/mol. The molecule has 358 valence electrons. The molecule has 0 saturated heterocycles. The molecule has 15 rings (SSSR count). The van der Waals surface area contributed by atoms with Crippen LogP contribution in [0, 0.1) is 13.8 Å². The fraction of sp³-hybridized carbons (Fsp3) is 0.265. The van der Waals surface area contributed by atoms with Gasteiger partial charge in [-0.05, 0) is 160 Å². The zero-order valence-electron chi connectivity index (χ0n) is 42.9. The molecule has 8 aromatic carbocycles. The summed E-state index contributed by atoms with van der Waals surface area (Å²) in [6, 6.07) is 59.4. The van der Waals surface area contributed by atoms with E-state index in [1.54, 1.807) is 0 Å². The maximum Gasteiger partial charge on any atom is 0.297 e. The standard InChI is InChI=1S/C68H61BN2OS/c1-41-19-16-20-42(2)61(41)45-38-57-63-58(39-45)71(55-29-17-25-48-47-23-11-13-30-60(47)73-65(48)55)64-50-40-46(67(3,4)5)32-34-59(50)72-66(64)69(63)53-33-31-44(43-21-8-6-9-22-43)37-56(53)70(57)54-28-18-27-52-62(54)49-24-10-12-26-51(49)68(52)35-14-7-15-36-68/h10-13,16-20,23-34,37-40,43H,6-9,14-15,21-22,35-36H2,1-5H3. The van der Waals surface area contributed by atoms with Gasteiger partial charge in [0.25, 0.3) is 6.71 Å². The lowest BCUT2D eigenvalue weighted by Gasteiger charge is -2.44. The molecule has 1 spiro atoms. The molecule has 3 nitrogen and oxygen atoms in total. The second kappa shape index (κ2) is 16.1. The Bertz CT molecular complexity index is 3910. The highest BCUT2D eigenvalue weighted by Gasteiger charge is 2.50. The first kappa shape index (κ1) is 43.7. The molecule has 0 unspecified atom stereocenters. The monoisotopic (exact) mass is 964 g/mol. The molecule has 4 heterocycles. The minimum Gasteiger partial charge on any atom is -0.468 e. The Labute approximate surface area is 434 Å². The molecule has 0 bridgehead atoms. The third-order valence-electron chi connectivity index (χ3n) is 18.2. The number of nitrogens with zero attached hydrogens (tertiary/aromatic N) is 2. The summed E-state index contributed by atoms with van der Waals surface area (Å²) in [5.41, 5.74) is 25.8. The maximum atomic E-state index is 7.57. The summed E-state index contributed by atoms with van der Waals surface area (Å²) >= 11 is 1.91. The normalized spacial score (nSPS) is 16.8. The second-order valence-corrected chi connectivity index (χ2v) is 24.4. The largest absolute Gasteiger partial charge is 0.468 e. The van der Waals surface area contributed by atoms with E-state index in [0.29, 0.717) is 5.92 Å². The van der Waals surface area contributed by atoms with E-state index < -0.39 is 0 Å². The summed E-state index contributed by atoms with van der Waals surface area (Å²) in [6.07, 6.45) is 12.7. The Morgan fingerprint density at radius 1 is 0.575 bits per heavy atom. The van der Waals surface area contributed by atoms with Crippen LogP contribution in [0.3, 0.4) is 0 Å². The van der Waals surface area contributed by atoms with Crippen LogP contribution < -0.4 is 26.4 Å². The van der Waals surface area contributed by atoms with E-state index in [1.807, 2.05) is 11.3 Å². The van der Waals surface area contributed by atoms with Crippen LogP contribution in [0.5, 0.6) is 0 Å². The Morgan fingerprint density at radius 2 is 1.27 bits per heavy atom. The summed E-state index contributed by atoms with van der Waals surface area (Å²) < 4.78 is 10.2. The van der Waals surface area contributed by atoms with Crippen molar-refractivity contribution in [1.29, 1.82) is 0 Å². The van der Waals surface area contributed by atoms with Gasteiger partial charge >= 0.3 is 0 Å². The summed E-state index contributed by atoms with van der Waals surface area (Å²) in [4.78, 5) is 5.41. The van der Waals surface area contributed by atoms with Crippen LogP contribution in [-0.2, 0) is 10.8 Å². The summed E-state index contributed by atoms with van der Waals surface area (Å²) in [7, 11) is 0. The van der Waals surface area contributed by atoms with Gasteiger partial charge in [0.2, 0.25) is 0 Å². The number of benzene rings is 8. The van der Waals surface area contributed by atoms with E-state index in [1.165, 1.54) is 185 Å². The minimum absolute atomic E-state index is 0.0274. The van der Waals surface area contributed by atoms with Gasteiger partial charge in [-0.3, -0.25) is 0 Å².